The molecule has 2 aliphatic carbocycles. The molecule has 0 radical (unpaired) electrons. The van der Waals surface area contributed by atoms with Gasteiger partial charge in [-0.3, -0.25) is 9.48 Å². The van der Waals surface area contributed by atoms with Crippen molar-refractivity contribution in [2.75, 3.05) is 0 Å². The first-order valence-corrected chi connectivity index (χ1v) is 8.64. The fourth-order valence-corrected chi connectivity index (χ4v) is 3.47. The van der Waals surface area contributed by atoms with E-state index in [1.54, 1.807) is 0 Å². The second-order valence-corrected chi connectivity index (χ2v) is 7.05. The Hall–Kier alpha value is -2.12. The summed E-state index contributed by atoms with van der Waals surface area (Å²) < 4.78 is 68.2. The van der Waals surface area contributed by atoms with Gasteiger partial charge in [0.25, 0.3) is 5.56 Å². The van der Waals surface area contributed by atoms with Crippen LogP contribution < -0.4 is 5.56 Å². The Bertz CT molecular complexity index is 904. The van der Waals surface area contributed by atoms with Gasteiger partial charge in [0.1, 0.15) is 11.5 Å². The zero-order valence-corrected chi connectivity index (χ0v) is 13.8. The second kappa shape index (κ2) is 5.96. The van der Waals surface area contributed by atoms with Crippen LogP contribution in [0, 0.1) is 11.6 Å². The SMILES string of the molecule is O=c1c(C2CC2)c(C2CC2)n(CCC(F)(F)F)n1-c1ccc(F)cc1F. The molecule has 0 amide bonds. The minimum absolute atomic E-state index is 0.0278. The summed E-state index contributed by atoms with van der Waals surface area (Å²) in [5.74, 6) is -1.71. The first kappa shape index (κ1) is 17.3. The number of benzene rings is 1. The van der Waals surface area contributed by atoms with Crippen molar-refractivity contribution in [1.82, 2.24) is 9.36 Å². The lowest BCUT2D eigenvalue weighted by Gasteiger charge is -2.17. The summed E-state index contributed by atoms with van der Waals surface area (Å²) in [6.07, 6.45) is -2.28. The molecule has 1 heterocycles. The molecule has 3 nitrogen and oxygen atoms in total. The number of rotatable bonds is 5. The maximum atomic E-state index is 14.3. The Morgan fingerprint density at radius 2 is 1.69 bits per heavy atom. The van der Waals surface area contributed by atoms with Crippen LogP contribution in [0.1, 0.15) is 55.2 Å². The van der Waals surface area contributed by atoms with E-state index >= 15 is 0 Å². The molecule has 0 bridgehead atoms. The molecule has 4 rings (SSSR count). The van der Waals surface area contributed by atoms with Crippen LogP contribution in [0.25, 0.3) is 5.69 Å². The highest BCUT2D eigenvalue weighted by molar-refractivity contribution is 5.40. The van der Waals surface area contributed by atoms with Crippen LogP contribution in [0.15, 0.2) is 23.0 Å². The molecule has 0 spiro atoms. The molecule has 2 aliphatic rings. The van der Waals surface area contributed by atoms with E-state index in [-0.39, 0.29) is 17.5 Å². The van der Waals surface area contributed by atoms with E-state index in [2.05, 4.69) is 0 Å². The second-order valence-electron chi connectivity index (χ2n) is 7.05. The van der Waals surface area contributed by atoms with E-state index in [1.165, 1.54) is 4.68 Å². The van der Waals surface area contributed by atoms with E-state index < -0.39 is 36.3 Å². The van der Waals surface area contributed by atoms with E-state index in [1.807, 2.05) is 0 Å². The van der Waals surface area contributed by atoms with Gasteiger partial charge in [0.05, 0.1) is 6.42 Å². The minimum Gasteiger partial charge on any atom is -0.281 e. The highest BCUT2D eigenvalue weighted by Gasteiger charge is 2.40. The van der Waals surface area contributed by atoms with Gasteiger partial charge in [0.15, 0.2) is 5.82 Å². The molecule has 0 aliphatic heterocycles. The molecule has 2 fully saturated rings. The fraction of sp³-hybridized carbons (Fsp3) is 0.500. The summed E-state index contributed by atoms with van der Waals surface area (Å²) in [6, 6.07) is 2.74. The maximum Gasteiger partial charge on any atom is 0.390 e. The summed E-state index contributed by atoms with van der Waals surface area (Å²) >= 11 is 0. The molecule has 0 unspecified atom stereocenters. The number of aromatic nitrogens is 2. The Morgan fingerprint density at radius 1 is 1.04 bits per heavy atom. The summed E-state index contributed by atoms with van der Waals surface area (Å²) in [4.78, 5) is 13.0. The van der Waals surface area contributed by atoms with Crippen molar-refractivity contribution in [1.29, 1.82) is 0 Å². The first-order valence-electron chi connectivity index (χ1n) is 8.64. The van der Waals surface area contributed by atoms with Gasteiger partial charge in [-0.05, 0) is 43.7 Å². The van der Waals surface area contributed by atoms with Gasteiger partial charge >= 0.3 is 6.18 Å². The van der Waals surface area contributed by atoms with Gasteiger partial charge in [-0.1, -0.05) is 0 Å². The van der Waals surface area contributed by atoms with Crippen molar-refractivity contribution in [2.24, 2.45) is 0 Å². The van der Waals surface area contributed by atoms with Crippen LogP contribution in [0.5, 0.6) is 0 Å². The standard InChI is InChI=1S/C18H17F5N2O/c19-12-5-6-14(13(20)9-12)25-17(26)15(10-1-2-10)16(11-3-4-11)24(25)8-7-18(21,22)23/h5-6,9-11H,1-4,7-8H2. The van der Waals surface area contributed by atoms with Crippen LogP contribution in [-0.2, 0) is 6.54 Å². The molecule has 8 heteroatoms. The fourth-order valence-electron chi connectivity index (χ4n) is 3.47. The van der Waals surface area contributed by atoms with E-state index in [0.29, 0.717) is 17.3 Å². The zero-order chi connectivity index (χ0) is 18.6. The summed E-state index contributed by atoms with van der Waals surface area (Å²) in [6.45, 7) is -0.464. The normalized spacial score (nSPS) is 17.7. The molecule has 0 atom stereocenters. The number of hydrogen-bond acceptors (Lipinski definition) is 1. The number of halogens is 5. The van der Waals surface area contributed by atoms with Crippen molar-refractivity contribution < 1.29 is 22.0 Å². The molecule has 140 valence electrons. The molecular weight excluding hydrogens is 355 g/mol. The van der Waals surface area contributed by atoms with Crippen LogP contribution in [0.3, 0.4) is 0 Å². The average molecular weight is 372 g/mol. The third kappa shape index (κ3) is 3.17. The van der Waals surface area contributed by atoms with Crippen molar-refractivity contribution in [2.45, 2.75) is 56.7 Å². The highest BCUT2D eigenvalue weighted by atomic mass is 19.4. The summed E-state index contributed by atoms with van der Waals surface area (Å²) in [5, 5.41) is 0. The monoisotopic (exact) mass is 372 g/mol. The number of hydrogen-bond donors (Lipinski definition) is 0. The molecule has 2 saturated carbocycles. The molecule has 1 aromatic heterocycles. The van der Waals surface area contributed by atoms with E-state index in [9.17, 15) is 26.7 Å². The maximum absolute atomic E-state index is 14.3. The zero-order valence-electron chi connectivity index (χ0n) is 13.8. The van der Waals surface area contributed by atoms with Crippen LogP contribution in [0.4, 0.5) is 22.0 Å². The molecule has 0 saturated heterocycles. The molecule has 2 aromatic rings. The smallest absolute Gasteiger partial charge is 0.281 e. The minimum atomic E-state index is -4.40. The quantitative estimate of drug-likeness (QED) is 0.704. The Kier molecular flexibility index (Phi) is 3.96. The van der Waals surface area contributed by atoms with Crippen molar-refractivity contribution in [3.8, 4) is 5.69 Å². The lowest BCUT2D eigenvalue weighted by atomic mass is 10.1. The Morgan fingerprint density at radius 3 is 2.23 bits per heavy atom. The van der Waals surface area contributed by atoms with Crippen LogP contribution >= 0.6 is 0 Å². The van der Waals surface area contributed by atoms with Crippen molar-refractivity contribution in [3.63, 3.8) is 0 Å². The summed E-state index contributed by atoms with van der Waals surface area (Å²) in [5.41, 5.74) is 0.415. The molecule has 26 heavy (non-hydrogen) atoms. The summed E-state index contributed by atoms with van der Waals surface area (Å²) in [7, 11) is 0. The van der Waals surface area contributed by atoms with Gasteiger partial charge in [-0.15, -0.1) is 0 Å². The predicted molar refractivity (Wildman–Crippen MR) is 84.6 cm³/mol. The Balaban J connectivity index is 1.91. The van der Waals surface area contributed by atoms with Crippen LogP contribution in [0.2, 0.25) is 0 Å². The third-order valence-corrected chi connectivity index (χ3v) is 4.91. The average Bonchev–Trinajstić information content (AvgIpc) is 3.42. The largest absolute Gasteiger partial charge is 0.390 e. The Labute approximate surface area is 146 Å². The van der Waals surface area contributed by atoms with E-state index in [4.69, 9.17) is 0 Å². The van der Waals surface area contributed by atoms with Gasteiger partial charge in [0, 0.05) is 29.8 Å². The highest BCUT2D eigenvalue weighted by Crippen LogP contribution is 2.48. The lowest BCUT2D eigenvalue weighted by molar-refractivity contribution is -0.137. The predicted octanol–water partition coefficient (Wildman–Crippen LogP) is 4.62. The third-order valence-electron chi connectivity index (χ3n) is 4.91. The first-order chi connectivity index (χ1) is 12.3. The molecule has 1 aromatic carbocycles. The van der Waals surface area contributed by atoms with Gasteiger partial charge in [0.2, 0.25) is 0 Å². The number of nitrogens with zero attached hydrogens (tertiary/aromatic N) is 2. The van der Waals surface area contributed by atoms with Gasteiger partial charge in [-0.2, -0.15) is 13.2 Å². The van der Waals surface area contributed by atoms with Gasteiger partial charge in [-0.25, -0.2) is 13.5 Å². The number of alkyl halides is 3. The molecular formula is C18H17F5N2O. The van der Waals surface area contributed by atoms with E-state index in [0.717, 1.165) is 42.5 Å². The lowest BCUT2D eigenvalue weighted by Crippen LogP contribution is -2.25. The van der Waals surface area contributed by atoms with Crippen LogP contribution in [-0.4, -0.2) is 15.5 Å². The van der Waals surface area contributed by atoms with Crippen molar-refractivity contribution >= 4 is 0 Å². The topological polar surface area (TPSA) is 26.9 Å². The van der Waals surface area contributed by atoms with Crippen molar-refractivity contribution in [3.05, 3.63) is 51.4 Å². The van der Waals surface area contributed by atoms with Gasteiger partial charge < -0.3 is 0 Å². The molecule has 0 N–H and O–H groups in total.